The van der Waals surface area contributed by atoms with Crippen LogP contribution in [0.1, 0.15) is 37.6 Å². The summed E-state index contributed by atoms with van der Waals surface area (Å²) < 4.78 is 5.58. The third-order valence-corrected chi connectivity index (χ3v) is 4.20. The van der Waals surface area contributed by atoms with E-state index in [1.54, 1.807) is 0 Å². The number of alkyl halides is 1. The van der Waals surface area contributed by atoms with Crippen molar-refractivity contribution < 1.29 is 9.53 Å². The van der Waals surface area contributed by atoms with Gasteiger partial charge < -0.3 is 9.64 Å². The lowest BCUT2D eigenvalue weighted by Gasteiger charge is -2.34. The molecule has 3 nitrogen and oxygen atoms in total. The lowest BCUT2D eigenvalue weighted by Crippen LogP contribution is -2.43. The van der Waals surface area contributed by atoms with Crippen LogP contribution in [0.2, 0.25) is 0 Å². The Bertz CT molecular complexity index is 458. The molecule has 1 heterocycles. The molecule has 2 rings (SSSR count). The van der Waals surface area contributed by atoms with Gasteiger partial charge in [0.25, 0.3) is 5.91 Å². The molecule has 1 aromatic rings. The molecule has 2 atom stereocenters. The predicted molar refractivity (Wildman–Crippen MR) is 81.5 cm³/mol. The van der Waals surface area contributed by atoms with E-state index in [1.807, 2.05) is 43.0 Å². The van der Waals surface area contributed by atoms with Crippen molar-refractivity contribution in [1.82, 2.24) is 4.90 Å². The highest BCUT2D eigenvalue weighted by Gasteiger charge is 2.27. The lowest BCUT2D eigenvalue weighted by atomic mass is 9.98. The van der Waals surface area contributed by atoms with Gasteiger partial charge in [-0.3, -0.25) is 4.79 Å². The molecule has 1 amide bonds. The predicted octanol–water partition coefficient (Wildman–Crippen LogP) is 3.56. The molecule has 1 fully saturated rings. The van der Waals surface area contributed by atoms with Gasteiger partial charge in [-0.2, -0.15) is 0 Å². The van der Waals surface area contributed by atoms with Crippen LogP contribution in [0.3, 0.4) is 0 Å². The summed E-state index contributed by atoms with van der Waals surface area (Å²) in [5.74, 6) is 1.32. The third kappa shape index (κ3) is 3.66. The van der Waals surface area contributed by atoms with Gasteiger partial charge in [-0.1, -0.05) is 6.92 Å². The second-order valence-corrected chi connectivity index (χ2v) is 6.28. The van der Waals surface area contributed by atoms with Crippen molar-refractivity contribution in [3.63, 3.8) is 0 Å². The molecule has 1 saturated heterocycles. The summed E-state index contributed by atoms with van der Waals surface area (Å²) >= 11 is 6.26. The molecular weight excluding hydrogens is 274 g/mol. The van der Waals surface area contributed by atoms with Crippen molar-refractivity contribution in [3.05, 3.63) is 29.8 Å². The molecule has 110 valence electrons. The number of likely N-dealkylation sites (tertiary alicyclic amines) is 1. The maximum Gasteiger partial charge on any atom is 0.253 e. The SMILES string of the molecule is CC(C)Oc1ccc(C(=O)N2CCC(C)C(Cl)C2)cc1. The van der Waals surface area contributed by atoms with Crippen LogP contribution in [-0.2, 0) is 0 Å². The minimum atomic E-state index is 0.0521. The summed E-state index contributed by atoms with van der Waals surface area (Å²) in [6.45, 7) is 7.51. The molecule has 0 aliphatic carbocycles. The smallest absolute Gasteiger partial charge is 0.253 e. The molecular formula is C16H22ClNO2. The average molecular weight is 296 g/mol. The van der Waals surface area contributed by atoms with Crippen LogP contribution in [0.4, 0.5) is 0 Å². The van der Waals surface area contributed by atoms with Crippen molar-refractivity contribution in [1.29, 1.82) is 0 Å². The summed E-state index contributed by atoms with van der Waals surface area (Å²) in [6.07, 6.45) is 1.10. The Kier molecular flexibility index (Phi) is 4.92. The fourth-order valence-corrected chi connectivity index (χ4v) is 2.63. The number of amides is 1. The number of rotatable bonds is 3. The molecule has 1 aromatic carbocycles. The number of hydrogen-bond acceptors (Lipinski definition) is 2. The second-order valence-electron chi connectivity index (χ2n) is 5.72. The third-order valence-electron chi connectivity index (χ3n) is 3.63. The Balaban J connectivity index is 2.02. The van der Waals surface area contributed by atoms with Gasteiger partial charge >= 0.3 is 0 Å². The summed E-state index contributed by atoms with van der Waals surface area (Å²) in [5.41, 5.74) is 0.694. The quantitative estimate of drug-likeness (QED) is 0.798. The molecule has 1 aliphatic rings. The van der Waals surface area contributed by atoms with Gasteiger partial charge in [-0.05, 0) is 50.5 Å². The van der Waals surface area contributed by atoms with Crippen molar-refractivity contribution in [2.75, 3.05) is 13.1 Å². The minimum Gasteiger partial charge on any atom is -0.491 e. The van der Waals surface area contributed by atoms with E-state index in [2.05, 4.69) is 6.92 Å². The molecule has 0 N–H and O–H groups in total. The van der Waals surface area contributed by atoms with Crippen molar-refractivity contribution in [2.45, 2.75) is 38.7 Å². The Morgan fingerprint density at radius 2 is 2.00 bits per heavy atom. The summed E-state index contributed by atoms with van der Waals surface area (Å²) in [7, 11) is 0. The normalized spacial score (nSPS) is 22.9. The first-order chi connectivity index (χ1) is 9.47. The highest BCUT2D eigenvalue weighted by Crippen LogP contribution is 2.23. The molecule has 1 aliphatic heterocycles. The Hall–Kier alpha value is -1.22. The molecule has 4 heteroatoms. The van der Waals surface area contributed by atoms with E-state index in [1.165, 1.54) is 0 Å². The molecule has 0 spiro atoms. The molecule has 20 heavy (non-hydrogen) atoms. The maximum absolute atomic E-state index is 12.4. The van der Waals surface area contributed by atoms with Crippen LogP contribution in [0.25, 0.3) is 0 Å². The van der Waals surface area contributed by atoms with Crippen LogP contribution in [0.15, 0.2) is 24.3 Å². The molecule has 2 unspecified atom stereocenters. The number of carbonyl (C=O) groups excluding carboxylic acids is 1. The lowest BCUT2D eigenvalue weighted by molar-refractivity contribution is 0.0701. The van der Waals surface area contributed by atoms with Crippen LogP contribution >= 0.6 is 11.6 Å². The van der Waals surface area contributed by atoms with Crippen LogP contribution in [0.5, 0.6) is 5.75 Å². The standard InChI is InChI=1S/C16H22ClNO2/c1-11(2)20-14-6-4-13(5-7-14)16(19)18-9-8-12(3)15(17)10-18/h4-7,11-12,15H,8-10H2,1-3H3. The Morgan fingerprint density at radius 1 is 1.35 bits per heavy atom. The number of carbonyl (C=O) groups is 1. The minimum absolute atomic E-state index is 0.0521. The molecule has 0 saturated carbocycles. The summed E-state index contributed by atoms with van der Waals surface area (Å²) in [4.78, 5) is 14.3. The molecule has 0 bridgehead atoms. The average Bonchev–Trinajstić information content (AvgIpc) is 2.41. The highest BCUT2D eigenvalue weighted by atomic mass is 35.5. The van der Waals surface area contributed by atoms with E-state index in [-0.39, 0.29) is 17.4 Å². The monoisotopic (exact) mass is 295 g/mol. The topological polar surface area (TPSA) is 29.5 Å². The van der Waals surface area contributed by atoms with Crippen molar-refractivity contribution >= 4 is 17.5 Å². The molecule has 0 aromatic heterocycles. The van der Waals surface area contributed by atoms with Crippen molar-refractivity contribution in [3.8, 4) is 5.75 Å². The van der Waals surface area contributed by atoms with Gasteiger partial charge in [0.15, 0.2) is 0 Å². The first-order valence-corrected chi connectivity index (χ1v) is 7.61. The van der Waals surface area contributed by atoms with E-state index in [4.69, 9.17) is 16.3 Å². The number of ether oxygens (including phenoxy) is 1. The van der Waals surface area contributed by atoms with E-state index in [0.29, 0.717) is 18.0 Å². The van der Waals surface area contributed by atoms with E-state index >= 15 is 0 Å². The van der Waals surface area contributed by atoms with Gasteiger partial charge in [0, 0.05) is 18.7 Å². The van der Waals surface area contributed by atoms with Crippen LogP contribution < -0.4 is 4.74 Å². The highest BCUT2D eigenvalue weighted by molar-refractivity contribution is 6.21. The maximum atomic E-state index is 12.4. The Labute approximate surface area is 125 Å². The van der Waals surface area contributed by atoms with Crippen LogP contribution in [0, 0.1) is 5.92 Å². The zero-order chi connectivity index (χ0) is 14.7. The summed E-state index contributed by atoms with van der Waals surface area (Å²) in [6, 6.07) is 7.33. The summed E-state index contributed by atoms with van der Waals surface area (Å²) in [5, 5.41) is 0.0521. The molecule has 0 radical (unpaired) electrons. The number of benzene rings is 1. The van der Waals surface area contributed by atoms with Gasteiger partial charge in [-0.15, -0.1) is 11.6 Å². The first kappa shape index (κ1) is 15.2. The number of hydrogen-bond donors (Lipinski definition) is 0. The zero-order valence-electron chi connectivity index (χ0n) is 12.3. The van der Waals surface area contributed by atoms with Gasteiger partial charge in [0.2, 0.25) is 0 Å². The number of halogens is 1. The Morgan fingerprint density at radius 3 is 2.55 bits per heavy atom. The fourth-order valence-electron chi connectivity index (χ4n) is 2.34. The largest absolute Gasteiger partial charge is 0.491 e. The fraction of sp³-hybridized carbons (Fsp3) is 0.562. The van der Waals surface area contributed by atoms with Gasteiger partial charge in [-0.25, -0.2) is 0 Å². The first-order valence-electron chi connectivity index (χ1n) is 7.17. The van der Waals surface area contributed by atoms with Crippen molar-refractivity contribution in [2.24, 2.45) is 5.92 Å². The number of piperidine rings is 1. The van der Waals surface area contributed by atoms with Gasteiger partial charge in [0.05, 0.1) is 11.5 Å². The zero-order valence-corrected chi connectivity index (χ0v) is 13.1. The van der Waals surface area contributed by atoms with E-state index in [9.17, 15) is 4.79 Å². The second kappa shape index (κ2) is 6.49. The van der Waals surface area contributed by atoms with Crippen LogP contribution in [-0.4, -0.2) is 35.4 Å². The van der Waals surface area contributed by atoms with Gasteiger partial charge in [0.1, 0.15) is 5.75 Å². The number of nitrogens with zero attached hydrogens (tertiary/aromatic N) is 1. The van der Waals surface area contributed by atoms with E-state index in [0.717, 1.165) is 18.7 Å². The van der Waals surface area contributed by atoms with E-state index < -0.39 is 0 Å².